The molecule has 1 amide bonds. The minimum absolute atomic E-state index is 0.107. The maximum Gasteiger partial charge on any atom is 0.293 e. The van der Waals surface area contributed by atoms with E-state index in [-0.39, 0.29) is 17.8 Å². The molecular formula is C11H18N4O2S. The quantitative estimate of drug-likeness (QED) is 0.853. The molecule has 0 spiro atoms. The highest BCUT2D eigenvalue weighted by atomic mass is 32.2. The molecule has 0 aliphatic carbocycles. The molecule has 0 radical (unpaired) electrons. The van der Waals surface area contributed by atoms with E-state index < -0.39 is 0 Å². The van der Waals surface area contributed by atoms with Gasteiger partial charge in [-0.1, -0.05) is 0 Å². The molecule has 1 N–H and O–H groups in total. The predicted octanol–water partition coefficient (Wildman–Crippen LogP) is 0.707. The zero-order chi connectivity index (χ0) is 13.0. The van der Waals surface area contributed by atoms with Gasteiger partial charge in [-0.3, -0.25) is 9.89 Å². The third kappa shape index (κ3) is 3.02. The Morgan fingerprint density at radius 1 is 1.67 bits per heavy atom. The smallest absolute Gasteiger partial charge is 0.293 e. The molecule has 1 aromatic heterocycles. The van der Waals surface area contributed by atoms with Crippen molar-refractivity contribution in [2.24, 2.45) is 0 Å². The summed E-state index contributed by atoms with van der Waals surface area (Å²) in [6, 6.07) is 0.274. The van der Waals surface area contributed by atoms with E-state index in [0.717, 1.165) is 17.9 Å². The van der Waals surface area contributed by atoms with E-state index in [1.54, 1.807) is 14.0 Å². The number of aromatic amines is 1. The summed E-state index contributed by atoms with van der Waals surface area (Å²) in [6.07, 6.45) is 1.03. The molecule has 18 heavy (non-hydrogen) atoms. The number of hydrogen-bond acceptors (Lipinski definition) is 5. The van der Waals surface area contributed by atoms with Crippen molar-refractivity contribution < 1.29 is 9.53 Å². The zero-order valence-electron chi connectivity index (χ0n) is 10.7. The van der Waals surface area contributed by atoms with Crippen LogP contribution in [0.3, 0.4) is 0 Å². The second kappa shape index (κ2) is 6.19. The number of rotatable bonds is 5. The summed E-state index contributed by atoms with van der Waals surface area (Å²) in [5.74, 6) is 2.89. The van der Waals surface area contributed by atoms with Crippen LogP contribution in [0.5, 0.6) is 0 Å². The molecule has 1 atom stereocenters. The van der Waals surface area contributed by atoms with Gasteiger partial charge in [-0.25, -0.2) is 4.98 Å². The molecule has 1 unspecified atom stereocenters. The summed E-state index contributed by atoms with van der Waals surface area (Å²) in [4.78, 5) is 18.3. The molecule has 1 aromatic rings. The highest BCUT2D eigenvalue weighted by molar-refractivity contribution is 7.99. The second-order valence-corrected chi connectivity index (χ2v) is 5.40. The number of aromatic nitrogens is 3. The molecule has 7 heteroatoms. The van der Waals surface area contributed by atoms with E-state index in [2.05, 4.69) is 15.2 Å². The van der Waals surface area contributed by atoms with Gasteiger partial charge in [0.1, 0.15) is 5.82 Å². The molecule has 0 aromatic carbocycles. The SMILES string of the molecule is COCCN(C(=O)c1n[nH]c(C)n1)C1CCSC1. The first kappa shape index (κ1) is 13.4. The molecular weight excluding hydrogens is 252 g/mol. The van der Waals surface area contributed by atoms with Crippen molar-refractivity contribution >= 4 is 17.7 Å². The second-order valence-electron chi connectivity index (χ2n) is 4.25. The Bertz CT molecular complexity index is 404. The van der Waals surface area contributed by atoms with Crippen LogP contribution in [0.25, 0.3) is 0 Å². The Labute approximate surface area is 110 Å². The van der Waals surface area contributed by atoms with E-state index in [1.165, 1.54) is 0 Å². The fraction of sp³-hybridized carbons (Fsp3) is 0.727. The van der Waals surface area contributed by atoms with Crippen LogP contribution in [0.2, 0.25) is 0 Å². The van der Waals surface area contributed by atoms with Crippen molar-refractivity contribution in [3.8, 4) is 0 Å². The van der Waals surface area contributed by atoms with Crippen molar-refractivity contribution in [3.05, 3.63) is 11.6 Å². The van der Waals surface area contributed by atoms with Gasteiger partial charge in [-0.15, -0.1) is 5.10 Å². The number of methoxy groups -OCH3 is 1. The van der Waals surface area contributed by atoms with Crippen LogP contribution in [-0.2, 0) is 4.74 Å². The largest absolute Gasteiger partial charge is 0.383 e. The van der Waals surface area contributed by atoms with Crippen LogP contribution >= 0.6 is 11.8 Å². The van der Waals surface area contributed by atoms with Crippen molar-refractivity contribution in [1.82, 2.24) is 20.1 Å². The van der Waals surface area contributed by atoms with Crippen LogP contribution in [0.1, 0.15) is 22.9 Å². The number of carbonyl (C=O) groups excluding carboxylic acids is 1. The maximum absolute atomic E-state index is 12.4. The Hall–Kier alpha value is -1.08. The van der Waals surface area contributed by atoms with Crippen molar-refractivity contribution in [2.75, 3.05) is 31.8 Å². The van der Waals surface area contributed by atoms with E-state index in [1.807, 2.05) is 16.7 Å². The molecule has 1 aliphatic rings. The standard InChI is InChI=1S/C11H18N4O2S/c1-8-12-10(14-13-8)11(16)15(4-5-17-2)9-3-6-18-7-9/h9H,3-7H2,1-2H3,(H,12,13,14). The average molecular weight is 270 g/mol. The summed E-state index contributed by atoms with van der Waals surface area (Å²) >= 11 is 1.88. The number of hydrogen-bond donors (Lipinski definition) is 1. The average Bonchev–Trinajstić information content (AvgIpc) is 3.00. The first-order valence-corrected chi connectivity index (χ1v) is 7.14. The number of amides is 1. The van der Waals surface area contributed by atoms with E-state index in [0.29, 0.717) is 19.0 Å². The van der Waals surface area contributed by atoms with Gasteiger partial charge in [0.15, 0.2) is 0 Å². The molecule has 0 saturated carbocycles. The first-order chi connectivity index (χ1) is 8.72. The van der Waals surface area contributed by atoms with Crippen molar-refractivity contribution in [3.63, 3.8) is 0 Å². The molecule has 2 rings (SSSR count). The van der Waals surface area contributed by atoms with Gasteiger partial charge in [-0.05, 0) is 19.1 Å². The van der Waals surface area contributed by atoms with E-state index in [4.69, 9.17) is 4.74 Å². The van der Waals surface area contributed by atoms with Gasteiger partial charge in [0, 0.05) is 25.4 Å². The van der Waals surface area contributed by atoms with Gasteiger partial charge in [0.2, 0.25) is 5.82 Å². The number of ether oxygens (including phenoxy) is 1. The van der Waals surface area contributed by atoms with E-state index >= 15 is 0 Å². The molecule has 6 nitrogen and oxygen atoms in total. The third-order valence-corrected chi connectivity index (χ3v) is 4.08. The lowest BCUT2D eigenvalue weighted by Gasteiger charge is -2.27. The number of nitrogens with zero attached hydrogens (tertiary/aromatic N) is 3. The highest BCUT2D eigenvalue weighted by Crippen LogP contribution is 2.23. The summed E-state index contributed by atoms with van der Waals surface area (Å²) in [5, 5.41) is 6.65. The maximum atomic E-state index is 12.4. The lowest BCUT2D eigenvalue weighted by atomic mass is 10.2. The summed E-state index contributed by atoms with van der Waals surface area (Å²) in [7, 11) is 1.64. The zero-order valence-corrected chi connectivity index (χ0v) is 11.5. The Morgan fingerprint density at radius 3 is 3.06 bits per heavy atom. The molecule has 100 valence electrons. The highest BCUT2D eigenvalue weighted by Gasteiger charge is 2.29. The molecule has 0 bridgehead atoms. The number of nitrogens with one attached hydrogen (secondary N) is 1. The van der Waals surface area contributed by atoms with Crippen LogP contribution < -0.4 is 0 Å². The molecule has 1 saturated heterocycles. The number of H-pyrrole nitrogens is 1. The predicted molar refractivity (Wildman–Crippen MR) is 69.8 cm³/mol. The van der Waals surface area contributed by atoms with Gasteiger partial charge in [0.05, 0.1) is 6.61 Å². The Morgan fingerprint density at radius 2 is 2.50 bits per heavy atom. The third-order valence-electron chi connectivity index (χ3n) is 2.93. The summed E-state index contributed by atoms with van der Waals surface area (Å²) in [6.45, 7) is 2.92. The first-order valence-electron chi connectivity index (χ1n) is 5.99. The fourth-order valence-corrected chi connectivity index (χ4v) is 3.20. The Kier molecular flexibility index (Phi) is 4.60. The topological polar surface area (TPSA) is 71.1 Å². The number of carbonyl (C=O) groups is 1. The lowest BCUT2D eigenvalue weighted by molar-refractivity contribution is 0.0613. The van der Waals surface area contributed by atoms with Gasteiger partial charge in [-0.2, -0.15) is 11.8 Å². The van der Waals surface area contributed by atoms with Crippen LogP contribution in [-0.4, -0.2) is 63.8 Å². The summed E-state index contributed by atoms with van der Waals surface area (Å²) in [5.41, 5.74) is 0. The van der Waals surface area contributed by atoms with Gasteiger partial charge >= 0.3 is 0 Å². The van der Waals surface area contributed by atoms with Crippen molar-refractivity contribution in [2.45, 2.75) is 19.4 Å². The van der Waals surface area contributed by atoms with Crippen molar-refractivity contribution in [1.29, 1.82) is 0 Å². The van der Waals surface area contributed by atoms with E-state index in [9.17, 15) is 4.79 Å². The van der Waals surface area contributed by atoms with Crippen LogP contribution in [0.4, 0.5) is 0 Å². The molecule has 2 heterocycles. The monoisotopic (exact) mass is 270 g/mol. The normalized spacial score (nSPS) is 19.1. The lowest BCUT2D eigenvalue weighted by Crippen LogP contribution is -2.42. The number of thioether (sulfide) groups is 1. The Balaban J connectivity index is 2.09. The molecule has 1 aliphatic heterocycles. The van der Waals surface area contributed by atoms with Gasteiger partial charge < -0.3 is 9.64 Å². The van der Waals surface area contributed by atoms with Crippen LogP contribution in [0, 0.1) is 6.92 Å². The molecule has 1 fully saturated rings. The minimum Gasteiger partial charge on any atom is -0.383 e. The fourth-order valence-electron chi connectivity index (χ4n) is 1.97. The minimum atomic E-state index is -0.107. The van der Waals surface area contributed by atoms with Gasteiger partial charge in [0.25, 0.3) is 5.91 Å². The number of aryl methyl sites for hydroxylation is 1. The summed E-state index contributed by atoms with van der Waals surface area (Å²) < 4.78 is 5.07. The van der Waals surface area contributed by atoms with Crippen LogP contribution in [0.15, 0.2) is 0 Å².